The lowest BCUT2D eigenvalue weighted by Gasteiger charge is -2.24. The fourth-order valence-corrected chi connectivity index (χ4v) is 4.03. The molecule has 0 radical (unpaired) electrons. The first-order valence-corrected chi connectivity index (χ1v) is 9.52. The van der Waals surface area contributed by atoms with Crippen molar-refractivity contribution in [3.63, 3.8) is 0 Å². The van der Waals surface area contributed by atoms with Crippen LogP contribution in [0.1, 0.15) is 52.7 Å². The summed E-state index contributed by atoms with van der Waals surface area (Å²) in [4.78, 5) is 2.42. The van der Waals surface area contributed by atoms with Crippen LogP contribution in [0.3, 0.4) is 0 Å². The van der Waals surface area contributed by atoms with E-state index in [0.717, 1.165) is 24.3 Å². The average molecular weight is 341 g/mol. The average Bonchev–Trinajstić information content (AvgIpc) is 2.41. The lowest BCUT2D eigenvalue weighted by atomic mass is 9.88. The number of rotatable bonds is 2. The fourth-order valence-electron chi connectivity index (χ4n) is 3.11. The summed E-state index contributed by atoms with van der Waals surface area (Å²) in [6.07, 6.45) is 2.12. The molecule has 0 N–H and O–H groups in total. The van der Waals surface area contributed by atoms with Crippen LogP contribution in [0.15, 0.2) is 46.2 Å². The van der Waals surface area contributed by atoms with Gasteiger partial charge in [0.2, 0.25) is 0 Å². The zero-order valence-electron chi connectivity index (χ0n) is 15.7. The fraction of sp³-hybridized carbons (Fsp3) is 0.455. The van der Waals surface area contributed by atoms with E-state index in [1.54, 1.807) is 0 Å². The van der Waals surface area contributed by atoms with E-state index in [1.807, 2.05) is 11.8 Å². The normalized spacial score (nSPS) is 13.9. The molecule has 0 saturated heterocycles. The Bertz CT molecular complexity index is 684. The zero-order chi connectivity index (χ0) is 17.5. The predicted molar refractivity (Wildman–Crippen MR) is 103 cm³/mol. The topological polar surface area (TPSA) is 9.23 Å². The molecule has 1 nitrogen and oxygen atoms in total. The van der Waals surface area contributed by atoms with Gasteiger partial charge in [0.1, 0.15) is 11.5 Å². The summed E-state index contributed by atoms with van der Waals surface area (Å²) in [5, 5.41) is 0. The van der Waals surface area contributed by atoms with Gasteiger partial charge in [0.15, 0.2) is 0 Å². The third-order valence-electron chi connectivity index (χ3n) is 3.92. The van der Waals surface area contributed by atoms with Gasteiger partial charge in [0.05, 0.1) is 9.79 Å². The Balaban J connectivity index is 1.86. The molecule has 0 unspecified atom stereocenters. The molecule has 0 spiro atoms. The first-order chi connectivity index (χ1) is 11.1. The molecule has 0 aliphatic carbocycles. The maximum absolute atomic E-state index is 6.27. The second kappa shape index (κ2) is 6.15. The van der Waals surface area contributed by atoms with Gasteiger partial charge in [-0.2, -0.15) is 0 Å². The predicted octanol–water partition coefficient (Wildman–Crippen LogP) is 7.12. The molecule has 2 heteroatoms. The van der Waals surface area contributed by atoms with Gasteiger partial charge in [-0.15, -0.1) is 0 Å². The lowest BCUT2D eigenvalue weighted by molar-refractivity contribution is 0.406. The minimum Gasteiger partial charge on any atom is -0.455 e. The molecule has 2 aromatic carbocycles. The monoisotopic (exact) mass is 340 g/mol. The number of fused-ring (bicyclic) bond motifs is 2. The maximum atomic E-state index is 6.27. The molecule has 24 heavy (non-hydrogen) atoms. The van der Waals surface area contributed by atoms with Crippen molar-refractivity contribution < 1.29 is 4.74 Å². The highest BCUT2D eigenvalue weighted by Crippen LogP contribution is 2.48. The van der Waals surface area contributed by atoms with Crippen LogP contribution in [0.25, 0.3) is 0 Å². The first kappa shape index (κ1) is 17.4. The molecule has 3 rings (SSSR count). The van der Waals surface area contributed by atoms with Gasteiger partial charge >= 0.3 is 0 Å². The molecular formula is C22H28OS. The van der Waals surface area contributed by atoms with Gasteiger partial charge in [-0.3, -0.25) is 0 Å². The number of benzene rings is 2. The van der Waals surface area contributed by atoms with Crippen LogP contribution in [0, 0.1) is 10.8 Å². The Labute approximate surface area is 150 Å². The molecular weight excluding hydrogens is 312 g/mol. The smallest absolute Gasteiger partial charge is 0.141 e. The quantitative estimate of drug-likeness (QED) is 0.491. The summed E-state index contributed by atoms with van der Waals surface area (Å²) in [7, 11) is 0. The Kier molecular flexibility index (Phi) is 4.46. The molecule has 2 aromatic rings. The van der Waals surface area contributed by atoms with E-state index in [2.05, 4.69) is 77.9 Å². The van der Waals surface area contributed by atoms with Gasteiger partial charge < -0.3 is 4.74 Å². The van der Waals surface area contributed by atoms with Crippen molar-refractivity contribution in [2.24, 2.45) is 10.8 Å². The molecule has 1 aliphatic rings. The second-order valence-corrected chi connectivity index (χ2v) is 10.3. The van der Waals surface area contributed by atoms with Crippen LogP contribution >= 0.6 is 11.8 Å². The van der Waals surface area contributed by atoms with Crippen LogP contribution in [0.5, 0.6) is 11.5 Å². The van der Waals surface area contributed by atoms with Gasteiger partial charge in [-0.25, -0.2) is 0 Å². The Hall–Kier alpha value is -1.41. The lowest BCUT2D eigenvalue weighted by Crippen LogP contribution is -2.10. The van der Waals surface area contributed by atoms with Gasteiger partial charge in [0.25, 0.3) is 0 Å². The van der Waals surface area contributed by atoms with Gasteiger partial charge in [-0.05, 0) is 59.1 Å². The first-order valence-electron chi connectivity index (χ1n) is 8.71. The van der Waals surface area contributed by atoms with Crippen LogP contribution in [0.4, 0.5) is 0 Å². The minimum absolute atomic E-state index is 0.286. The molecule has 128 valence electrons. The number of ether oxygens (including phenoxy) is 1. The number of hydrogen-bond donors (Lipinski definition) is 0. The largest absolute Gasteiger partial charge is 0.455 e. The maximum Gasteiger partial charge on any atom is 0.141 e. The van der Waals surface area contributed by atoms with E-state index in [4.69, 9.17) is 4.74 Å². The Morgan fingerprint density at radius 2 is 1.12 bits per heavy atom. The van der Waals surface area contributed by atoms with Crippen molar-refractivity contribution in [1.29, 1.82) is 0 Å². The molecule has 0 aromatic heterocycles. The van der Waals surface area contributed by atoms with E-state index in [9.17, 15) is 0 Å². The van der Waals surface area contributed by atoms with Crippen molar-refractivity contribution in [2.45, 2.75) is 64.2 Å². The summed E-state index contributed by atoms with van der Waals surface area (Å²) in [6, 6.07) is 13.3. The van der Waals surface area contributed by atoms with Crippen LogP contribution in [-0.4, -0.2) is 0 Å². The summed E-state index contributed by atoms with van der Waals surface area (Å²) in [5.41, 5.74) is 3.26. The van der Waals surface area contributed by atoms with E-state index in [-0.39, 0.29) is 10.8 Å². The highest BCUT2D eigenvalue weighted by atomic mass is 32.2. The summed E-state index contributed by atoms with van der Waals surface area (Å²) >= 11 is 1.81. The molecule has 1 heterocycles. The van der Waals surface area contributed by atoms with Crippen LogP contribution < -0.4 is 4.74 Å². The highest BCUT2D eigenvalue weighted by molar-refractivity contribution is 7.99. The van der Waals surface area contributed by atoms with Crippen LogP contribution in [-0.2, 0) is 12.8 Å². The molecule has 0 amide bonds. The molecule has 0 fully saturated rings. The van der Waals surface area contributed by atoms with Crippen molar-refractivity contribution >= 4 is 11.8 Å². The summed E-state index contributed by atoms with van der Waals surface area (Å²) in [6.45, 7) is 13.6. The van der Waals surface area contributed by atoms with Gasteiger partial charge in [-0.1, -0.05) is 65.4 Å². The SMILES string of the molecule is CC(C)(C)Cc1ccc2c(c1)Oc1cc(CC(C)(C)C)ccc1S2. The molecule has 0 saturated carbocycles. The number of hydrogen-bond acceptors (Lipinski definition) is 2. The van der Waals surface area contributed by atoms with E-state index < -0.39 is 0 Å². The summed E-state index contributed by atoms with van der Waals surface area (Å²) < 4.78 is 6.27. The second-order valence-electron chi connectivity index (χ2n) is 9.24. The standard InChI is InChI=1S/C22H28OS/c1-21(2,3)13-15-7-9-19-17(11-15)23-18-12-16(14-22(4,5)6)8-10-20(18)24-19/h7-12H,13-14H2,1-6H3. The molecule has 1 aliphatic heterocycles. The van der Waals surface area contributed by atoms with Crippen molar-refractivity contribution in [3.05, 3.63) is 47.5 Å². The minimum atomic E-state index is 0.286. The third-order valence-corrected chi connectivity index (χ3v) is 5.04. The Morgan fingerprint density at radius 1 is 0.708 bits per heavy atom. The zero-order valence-corrected chi connectivity index (χ0v) is 16.5. The summed E-state index contributed by atoms with van der Waals surface area (Å²) in [5.74, 6) is 2.00. The van der Waals surface area contributed by atoms with Crippen LogP contribution in [0.2, 0.25) is 0 Å². The molecule has 0 bridgehead atoms. The van der Waals surface area contributed by atoms with Crippen molar-refractivity contribution in [3.8, 4) is 11.5 Å². The van der Waals surface area contributed by atoms with Gasteiger partial charge in [0, 0.05) is 0 Å². The van der Waals surface area contributed by atoms with Crippen molar-refractivity contribution in [2.75, 3.05) is 0 Å². The van der Waals surface area contributed by atoms with E-state index >= 15 is 0 Å². The third kappa shape index (κ3) is 4.36. The van der Waals surface area contributed by atoms with Crippen molar-refractivity contribution in [1.82, 2.24) is 0 Å². The Morgan fingerprint density at radius 3 is 1.50 bits per heavy atom. The van der Waals surface area contributed by atoms with E-state index in [1.165, 1.54) is 20.9 Å². The molecule has 0 atom stereocenters. The highest BCUT2D eigenvalue weighted by Gasteiger charge is 2.21. The van der Waals surface area contributed by atoms with E-state index in [0.29, 0.717) is 0 Å².